The molecular weight excluding hydrogens is 186 g/mol. The SMILES string of the molecule is C[C@H]1CCC[C@@H]([N+](=O)[O-])[C@@H]1CC(=O)[O-]. The van der Waals surface area contributed by atoms with Crippen molar-refractivity contribution in [2.45, 2.75) is 38.6 Å². The molecule has 1 aliphatic carbocycles. The van der Waals surface area contributed by atoms with E-state index in [1.807, 2.05) is 6.92 Å². The zero-order chi connectivity index (χ0) is 10.7. The van der Waals surface area contributed by atoms with Crippen LogP contribution in [0, 0.1) is 22.0 Å². The van der Waals surface area contributed by atoms with Gasteiger partial charge in [0.25, 0.3) is 0 Å². The second kappa shape index (κ2) is 4.39. The normalized spacial score (nSPS) is 32.5. The van der Waals surface area contributed by atoms with Crippen LogP contribution in [-0.4, -0.2) is 16.9 Å². The Kier molecular flexibility index (Phi) is 3.43. The van der Waals surface area contributed by atoms with Crippen LogP contribution in [0.15, 0.2) is 0 Å². The summed E-state index contributed by atoms with van der Waals surface area (Å²) in [6.45, 7) is 1.88. The van der Waals surface area contributed by atoms with Gasteiger partial charge in [0, 0.05) is 23.2 Å². The van der Waals surface area contributed by atoms with Gasteiger partial charge in [-0.3, -0.25) is 10.1 Å². The lowest BCUT2D eigenvalue weighted by atomic mass is 9.75. The highest BCUT2D eigenvalue weighted by Gasteiger charge is 2.38. The topological polar surface area (TPSA) is 83.3 Å². The maximum atomic E-state index is 10.7. The van der Waals surface area contributed by atoms with Crippen molar-refractivity contribution in [3.8, 4) is 0 Å². The third kappa shape index (κ3) is 2.43. The van der Waals surface area contributed by atoms with Crippen molar-refractivity contribution in [2.75, 3.05) is 0 Å². The van der Waals surface area contributed by atoms with E-state index in [9.17, 15) is 20.0 Å². The number of carbonyl (C=O) groups is 1. The molecule has 1 aliphatic rings. The van der Waals surface area contributed by atoms with Gasteiger partial charge in [-0.25, -0.2) is 0 Å². The van der Waals surface area contributed by atoms with Gasteiger partial charge in [0.15, 0.2) is 0 Å². The Labute approximate surface area is 82.3 Å². The summed E-state index contributed by atoms with van der Waals surface area (Å²) in [5.41, 5.74) is 0. The highest BCUT2D eigenvalue weighted by Crippen LogP contribution is 2.33. The number of aliphatic carboxylic acids is 1. The lowest BCUT2D eigenvalue weighted by molar-refractivity contribution is -0.538. The van der Waals surface area contributed by atoms with Gasteiger partial charge in [-0.2, -0.15) is 0 Å². The number of carbonyl (C=O) groups excluding carboxylic acids is 1. The molecule has 1 rings (SSSR count). The zero-order valence-corrected chi connectivity index (χ0v) is 8.14. The molecule has 80 valence electrons. The van der Waals surface area contributed by atoms with Crippen LogP contribution >= 0.6 is 0 Å². The maximum Gasteiger partial charge on any atom is 0.216 e. The third-order valence-corrected chi connectivity index (χ3v) is 3.06. The summed E-state index contributed by atoms with van der Waals surface area (Å²) < 4.78 is 0. The second-order valence-electron chi connectivity index (χ2n) is 4.00. The average Bonchev–Trinajstić information content (AvgIpc) is 2.07. The monoisotopic (exact) mass is 200 g/mol. The molecule has 0 unspecified atom stereocenters. The van der Waals surface area contributed by atoms with E-state index in [-0.39, 0.29) is 23.2 Å². The predicted molar refractivity (Wildman–Crippen MR) is 46.9 cm³/mol. The van der Waals surface area contributed by atoms with Crippen molar-refractivity contribution >= 4 is 5.97 Å². The molecule has 0 N–H and O–H groups in total. The van der Waals surface area contributed by atoms with Gasteiger partial charge in [0.05, 0.1) is 0 Å². The quantitative estimate of drug-likeness (QED) is 0.481. The minimum Gasteiger partial charge on any atom is -0.550 e. The lowest BCUT2D eigenvalue weighted by Gasteiger charge is -2.31. The molecule has 0 aromatic carbocycles. The van der Waals surface area contributed by atoms with Crippen LogP contribution in [0.2, 0.25) is 0 Å². The molecule has 3 atom stereocenters. The minimum absolute atomic E-state index is 0.108. The first-order valence-electron chi connectivity index (χ1n) is 4.85. The first-order valence-corrected chi connectivity index (χ1v) is 4.85. The summed E-state index contributed by atoms with van der Waals surface area (Å²) in [5, 5.41) is 21.1. The van der Waals surface area contributed by atoms with E-state index in [2.05, 4.69) is 0 Å². The Balaban J connectivity index is 2.70. The first kappa shape index (κ1) is 10.9. The van der Waals surface area contributed by atoms with Gasteiger partial charge < -0.3 is 9.90 Å². The van der Waals surface area contributed by atoms with E-state index >= 15 is 0 Å². The van der Waals surface area contributed by atoms with Crippen molar-refractivity contribution in [1.29, 1.82) is 0 Å². The number of nitro groups is 1. The lowest BCUT2D eigenvalue weighted by Crippen LogP contribution is -2.40. The van der Waals surface area contributed by atoms with E-state index in [4.69, 9.17) is 0 Å². The highest BCUT2D eigenvalue weighted by molar-refractivity contribution is 5.64. The molecule has 1 saturated carbocycles. The molecule has 0 bridgehead atoms. The molecule has 0 aromatic rings. The Morgan fingerprint density at radius 2 is 2.14 bits per heavy atom. The molecule has 5 nitrogen and oxygen atoms in total. The van der Waals surface area contributed by atoms with Crippen LogP contribution in [0.4, 0.5) is 0 Å². The van der Waals surface area contributed by atoms with Crippen molar-refractivity contribution in [1.82, 2.24) is 0 Å². The van der Waals surface area contributed by atoms with Crippen molar-refractivity contribution in [3.05, 3.63) is 10.1 Å². The third-order valence-electron chi connectivity index (χ3n) is 3.06. The van der Waals surface area contributed by atoms with Crippen molar-refractivity contribution in [3.63, 3.8) is 0 Å². The van der Waals surface area contributed by atoms with Gasteiger partial charge in [-0.15, -0.1) is 0 Å². The Morgan fingerprint density at radius 1 is 1.50 bits per heavy atom. The molecule has 0 saturated heterocycles. The maximum absolute atomic E-state index is 10.7. The fourth-order valence-corrected chi connectivity index (χ4v) is 2.25. The second-order valence-corrected chi connectivity index (χ2v) is 4.00. The number of nitrogens with zero attached hydrogens (tertiary/aromatic N) is 1. The molecule has 0 radical (unpaired) electrons. The number of hydrogen-bond donors (Lipinski definition) is 0. The molecule has 0 spiro atoms. The summed E-state index contributed by atoms with van der Waals surface area (Å²) in [4.78, 5) is 20.8. The molecule has 14 heavy (non-hydrogen) atoms. The van der Waals surface area contributed by atoms with Crippen LogP contribution in [-0.2, 0) is 4.79 Å². The minimum atomic E-state index is -1.18. The van der Waals surface area contributed by atoms with E-state index in [1.165, 1.54) is 0 Å². The molecule has 0 aromatic heterocycles. The molecule has 0 aliphatic heterocycles. The summed E-state index contributed by atoms with van der Waals surface area (Å²) in [6, 6.07) is -0.698. The van der Waals surface area contributed by atoms with E-state index in [0.29, 0.717) is 6.42 Å². The summed E-state index contributed by atoms with van der Waals surface area (Å²) >= 11 is 0. The number of hydrogen-bond acceptors (Lipinski definition) is 4. The Hall–Kier alpha value is -1.13. The molecular formula is C9H14NO4-. The van der Waals surface area contributed by atoms with Crippen molar-refractivity contribution < 1.29 is 14.8 Å². The zero-order valence-electron chi connectivity index (χ0n) is 8.14. The fourth-order valence-electron chi connectivity index (χ4n) is 2.25. The van der Waals surface area contributed by atoms with Gasteiger partial charge >= 0.3 is 0 Å². The van der Waals surface area contributed by atoms with Crippen LogP contribution in [0.25, 0.3) is 0 Å². The number of rotatable bonds is 3. The predicted octanol–water partition coefficient (Wildman–Crippen LogP) is 0.208. The Morgan fingerprint density at radius 3 is 2.64 bits per heavy atom. The van der Waals surface area contributed by atoms with Crippen LogP contribution in [0.1, 0.15) is 32.6 Å². The largest absolute Gasteiger partial charge is 0.550 e. The molecule has 1 fully saturated rings. The van der Waals surface area contributed by atoms with Gasteiger partial charge in [-0.1, -0.05) is 6.92 Å². The standard InChI is InChI=1S/C9H15NO4/c1-6-3-2-4-8(10(13)14)7(6)5-9(11)12/h6-8H,2-5H2,1H3,(H,11,12)/p-1/t6-,7+,8+/m0/s1. The van der Waals surface area contributed by atoms with E-state index in [0.717, 1.165) is 12.8 Å². The fraction of sp³-hybridized carbons (Fsp3) is 0.889. The molecule has 0 heterocycles. The van der Waals surface area contributed by atoms with Gasteiger partial charge in [0.2, 0.25) is 6.04 Å². The van der Waals surface area contributed by atoms with Crippen LogP contribution in [0.5, 0.6) is 0 Å². The van der Waals surface area contributed by atoms with Crippen LogP contribution in [0.3, 0.4) is 0 Å². The van der Waals surface area contributed by atoms with Crippen molar-refractivity contribution in [2.24, 2.45) is 11.8 Å². The summed E-state index contributed by atoms with van der Waals surface area (Å²) in [5.74, 6) is -1.43. The summed E-state index contributed by atoms with van der Waals surface area (Å²) in [7, 11) is 0. The van der Waals surface area contributed by atoms with Crippen LogP contribution < -0.4 is 5.11 Å². The first-order chi connectivity index (χ1) is 6.52. The smallest absolute Gasteiger partial charge is 0.216 e. The number of carboxylic acids is 1. The molecule has 5 heteroatoms. The van der Waals surface area contributed by atoms with E-state index < -0.39 is 12.0 Å². The van der Waals surface area contributed by atoms with Gasteiger partial charge in [-0.05, 0) is 25.2 Å². The Bertz CT molecular complexity index is 241. The van der Waals surface area contributed by atoms with Gasteiger partial charge in [0.1, 0.15) is 0 Å². The highest BCUT2D eigenvalue weighted by atomic mass is 16.6. The average molecular weight is 200 g/mol. The summed E-state index contributed by atoms with van der Waals surface area (Å²) in [6.07, 6.45) is 2.00. The molecule has 0 amide bonds. The van der Waals surface area contributed by atoms with E-state index in [1.54, 1.807) is 0 Å². The number of carboxylic acid groups (broad SMARTS) is 1.